The zero-order valence-electron chi connectivity index (χ0n) is 16.2. The quantitative estimate of drug-likeness (QED) is 0.668. The van der Waals surface area contributed by atoms with E-state index in [4.69, 9.17) is 0 Å². The standard InChI is InChI=1S/C21H25N5OS/c1-15(21(27)22-17-6-5-7-18(14-17)28-2)25-12-9-16(10-13-25)20-24-23-19-8-3-4-11-26(19)20/h3-8,11,14-16H,9-10,12-13H2,1-2H3,(H,22,27)/t15-/m0/s1. The lowest BCUT2D eigenvalue weighted by molar-refractivity contribution is -0.121. The van der Waals surface area contributed by atoms with E-state index < -0.39 is 0 Å². The van der Waals surface area contributed by atoms with Crippen LogP contribution in [0.2, 0.25) is 0 Å². The van der Waals surface area contributed by atoms with Crippen LogP contribution >= 0.6 is 11.8 Å². The Morgan fingerprint density at radius 3 is 2.79 bits per heavy atom. The van der Waals surface area contributed by atoms with Gasteiger partial charge in [-0.15, -0.1) is 22.0 Å². The number of fused-ring (bicyclic) bond motifs is 1. The molecule has 146 valence electrons. The normalized spacial score (nSPS) is 16.9. The first-order valence-corrected chi connectivity index (χ1v) is 10.9. The topological polar surface area (TPSA) is 62.5 Å². The number of thioether (sulfide) groups is 1. The molecule has 0 radical (unpaired) electrons. The lowest BCUT2D eigenvalue weighted by Gasteiger charge is -2.34. The number of carbonyl (C=O) groups is 1. The summed E-state index contributed by atoms with van der Waals surface area (Å²) in [6, 6.07) is 13.8. The zero-order chi connectivity index (χ0) is 19.5. The summed E-state index contributed by atoms with van der Waals surface area (Å²) in [5.74, 6) is 1.45. The van der Waals surface area contributed by atoms with Crippen LogP contribution in [0.3, 0.4) is 0 Å². The second-order valence-corrected chi connectivity index (χ2v) is 8.07. The predicted octanol–water partition coefficient (Wildman–Crippen LogP) is 3.66. The van der Waals surface area contributed by atoms with Crippen LogP contribution in [0, 0.1) is 0 Å². The number of likely N-dealkylation sites (tertiary alicyclic amines) is 1. The van der Waals surface area contributed by atoms with Gasteiger partial charge >= 0.3 is 0 Å². The van der Waals surface area contributed by atoms with E-state index in [1.165, 1.54) is 0 Å². The predicted molar refractivity (Wildman–Crippen MR) is 113 cm³/mol. The molecule has 0 bridgehead atoms. The maximum Gasteiger partial charge on any atom is 0.241 e. The van der Waals surface area contributed by atoms with Crippen molar-refractivity contribution in [1.29, 1.82) is 0 Å². The number of nitrogens with zero attached hydrogens (tertiary/aromatic N) is 4. The second-order valence-electron chi connectivity index (χ2n) is 7.19. The van der Waals surface area contributed by atoms with Crippen molar-refractivity contribution in [2.75, 3.05) is 24.7 Å². The summed E-state index contributed by atoms with van der Waals surface area (Å²) in [5.41, 5.74) is 1.74. The van der Waals surface area contributed by atoms with E-state index in [1.807, 2.05) is 61.8 Å². The molecule has 4 rings (SSSR count). The van der Waals surface area contributed by atoms with E-state index >= 15 is 0 Å². The molecule has 3 aromatic rings. The minimum Gasteiger partial charge on any atom is -0.325 e. The molecule has 1 aromatic carbocycles. The lowest BCUT2D eigenvalue weighted by atomic mass is 9.95. The molecular weight excluding hydrogens is 370 g/mol. The summed E-state index contributed by atoms with van der Waals surface area (Å²) in [4.78, 5) is 16.1. The number of carbonyl (C=O) groups excluding carboxylic acids is 1. The van der Waals surface area contributed by atoms with Crippen LogP contribution in [-0.4, -0.2) is 50.8 Å². The molecule has 1 aliphatic heterocycles. The highest BCUT2D eigenvalue weighted by Crippen LogP contribution is 2.28. The van der Waals surface area contributed by atoms with E-state index in [0.717, 1.165) is 48.0 Å². The minimum atomic E-state index is -0.158. The highest BCUT2D eigenvalue weighted by Gasteiger charge is 2.29. The van der Waals surface area contributed by atoms with E-state index in [1.54, 1.807) is 11.8 Å². The third-order valence-electron chi connectivity index (χ3n) is 5.50. The third kappa shape index (κ3) is 3.91. The van der Waals surface area contributed by atoms with Gasteiger partial charge in [0.2, 0.25) is 5.91 Å². The first-order chi connectivity index (χ1) is 13.7. The van der Waals surface area contributed by atoms with E-state index in [0.29, 0.717) is 5.92 Å². The maximum atomic E-state index is 12.7. The van der Waals surface area contributed by atoms with Crippen LogP contribution < -0.4 is 5.32 Å². The minimum absolute atomic E-state index is 0.0460. The molecule has 0 spiro atoms. The number of piperidine rings is 1. The number of amides is 1. The van der Waals surface area contributed by atoms with E-state index in [-0.39, 0.29) is 11.9 Å². The van der Waals surface area contributed by atoms with E-state index in [9.17, 15) is 4.79 Å². The number of hydrogen-bond acceptors (Lipinski definition) is 5. The molecule has 1 N–H and O–H groups in total. The zero-order valence-corrected chi connectivity index (χ0v) is 17.0. The summed E-state index contributed by atoms with van der Waals surface area (Å²) < 4.78 is 2.08. The molecule has 0 unspecified atom stereocenters. The molecule has 6 nitrogen and oxygen atoms in total. The number of hydrogen-bond donors (Lipinski definition) is 1. The molecule has 0 aliphatic carbocycles. The van der Waals surface area contributed by atoms with Crippen LogP contribution in [0.15, 0.2) is 53.6 Å². The van der Waals surface area contributed by atoms with Crippen molar-refractivity contribution >= 4 is 29.0 Å². The number of anilines is 1. The van der Waals surface area contributed by atoms with Gasteiger partial charge in [-0.3, -0.25) is 14.1 Å². The highest BCUT2D eigenvalue weighted by molar-refractivity contribution is 7.98. The van der Waals surface area contributed by atoms with Crippen LogP contribution in [0.5, 0.6) is 0 Å². The fourth-order valence-corrected chi connectivity index (χ4v) is 4.26. The molecule has 2 aromatic heterocycles. The van der Waals surface area contributed by atoms with Gasteiger partial charge in [-0.1, -0.05) is 12.1 Å². The van der Waals surface area contributed by atoms with Crippen LogP contribution in [0.4, 0.5) is 5.69 Å². The molecule has 1 saturated heterocycles. The largest absolute Gasteiger partial charge is 0.325 e. The van der Waals surface area contributed by atoms with Crippen molar-refractivity contribution < 1.29 is 4.79 Å². The SMILES string of the molecule is CSc1cccc(NC(=O)[C@H](C)N2CCC(c3nnc4ccccn34)CC2)c1. The molecule has 1 aliphatic rings. The maximum absolute atomic E-state index is 12.7. The molecule has 3 heterocycles. The van der Waals surface area contributed by atoms with Crippen LogP contribution in [-0.2, 0) is 4.79 Å². The van der Waals surface area contributed by atoms with Gasteiger partial charge in [0.15, 0.2) is 5.65 Å². The molecule has 1 amide bonds. The van der Waals surface area contributed by atoms with Gasteiger partial charge in [0, 0.05) is 22.7 Å². The number of nitrogens with one attached hydrogen (secondary N) is 1. The van der Waals surface area contributed by atoms with Gasteiger partial charge in [-0.05, 0) is 69.4 Å². The monoisotopic (exact) mass is 395 g/mol. The summed E-state index contributed by atoms with van der Waals surface area (Å²) in [5, 5.41) is 11.7. The number of aromatic nitrogens is 3. The Kier molecular flexibility index (Phi) is 5.64. The van der Waals surface area contributed by atoms with Crippen LogP contribution in [0.1, 0.15) is 31.5 Å². The second kappa shape index (κ2) is 8.32. The Labute approximate surface area is 169 Å². The fraction of sp³-hybridized carbons (Fsp3) is 0.381. The molecule has 1 atom stereocenters. The average molecular weight is 396 g/mol. The summed E-state index contributed by atoms with van der Waals surface area (Å²) >= 11 is 1.67. The summed E-state index contributed by atoms with van der Waals surface area (Å²) in [6.07, 6.45) is 6.02. The van der Waals surface area contributed by atoms with Gasteiger partial charge < -0.3 is 5.32 Å². The van der Waals surface area contributed by atoms with Gasteiger partial charge in [0.05, 0.1) is 6.04 Å². The van der Waals surface area contributed by atoms with Crippen molar-refractivity contribution in [3.05, 3.63) is 54.5 Å². The molecule has 0 saturated carbocycles. The highest BCUT2D eigenvalue weighted by atomic mass is 32.2. The number of benzene rings is 1. The number of rotatable bonds is 5. The molecule has 1 fully saturated rings. The van der Waals surface area contributed by atoms with Gasteiger partial charge in [-0.25, -0.2) is 0 Å². The van der Waals surface area contributed by atoms with Gasteiger partial charge in [0.25, 0.3) is 0 Å². The van der Waals surface area contributed by atoms with Gasteiger partial charge in [0.1, 0.15) is 5.82 Å². The molecular formula is C21H25N5OS. The van der Waals surface area contributed by atoms with Crippen molar-refractivity contribution in [3.63, 3.8) is 0 Å². The van der Waals surface area contributed by atoms with E-state index in [2.05, 4.69) is 24.8 Å². The molecule has 28 heavy (non-hydrogen) atoms. The fourth-order valence-electron chi connectivity index (χ4n) is 3.80. The Morgan fingerprint density at radius 1 is 1.18 bits per heavy atom. The third-order valence-corrected chi connectivity index (χ3v) is 6.22. The number of pyridine rings is 1. The Balaban J connectivity index is 1.37. The van der Waals surface area contributed by atoms with Crippen molar-refractivity contribution in [2.45, 2.75) is 36.6 Å². The lowest BCUT2D eigenvalue weighted by Crippen LogP contribution is -2.45. The molecule has 7 heteroatoms. The van der Waals surface area contributed by atoms with Crippen molar-refractivity contribution in [3.8, 4) is 0 Å². The van der Waals surface area contributed by atoms with Gasteiger partial charge in [-0.2, -0.15) is 0 Å². The Morgan fingerprint density at radius 2 is 2.00 bits per heavy atom. The Bertz CT molecular complexity index is 964. The van der Waals surface area contributed by atoms with Crippen molar-refractivity contribution in [2.24, 2.45) is 0 Å². The first kappa shape index (κ1) is 19.0. The van der Waals surface area contributed by atoms with Crippen LogP contribution in [0.25, 0.3) is 5.65 Å². The summed E-state index contributed by atoms with van der Waals surface area (Å²) in [6.45, 7) is 3.75. The summed E-state index contributed by atoms with van der Waals surface area (Å²) in [7, 11) is 0. The average Bonchev–Trinajstić information content (AvgIpc) is 3.17. The van der Waals surface area contributed by atoms with Crippen molar-refractivity contribution in [1.82, 2.24) is 19.5 Å². The smallest absolute Gasteiger partial charge is 0.241 e. The Hall–Kier alpha value is -2.38. The first-order valence-electron chi connectivity index (χ1n) is 9.64.